The number of pyridine rings is 1. The van der Waals surface area contributed by atoms with Gasteiger partial charge in [-0.2, -0.15) is 0 Å². The van der Waals surface area contributed by atoms with Crippen molar-refractivity contribution in [3.05, 3.63) is 63.8 Å². The van der Waals surface area contributed by atoms with Crippen molar-refractivity contribution in [1.29, 1.82) is 0 Å². The van der Waals surface area contributed by atoms with Crippen molar-refractivity contribution >= 4 is 11.6 Å². The van der Waals surface area contributed by atoms with E-state index >= 15 is 0 Å². The average Bonchev–Trinajstić information content (AvgIpc) is 3.28. The summed E-state index contributed by atoms with van der Waals surface area (Å²) in [6.07, 6.45) is 3.44. The highest BCUT2D eigenvalue weighted by Crippen LogP contribution is 2.35. The summed E-state index contributed by atoms with van der Waals surface area (Å²) in [6.45, 7) is 4.89. The molecule has 0 radical (unpaired) electrons. The van der Waals surface area contributed by atoms with Gasteiger partial charge in [-0.05, 0) is 56.5 Å². The van der Waals surface area contributed by atoms with Crippen molar-refractivity contribution in [3.63, 3.8) is 0 Å². The van der Waals surface area contributed by atoms with Crippen LogP contribution in [-0.4, -0.2) is 53.0 Å². The summed E-state index contributed by atoms with van der Waals surface area (Å²) in [6, 6.07) is 10.5. The van der Waals surface area contributed by atoms with Crippen LogP contribution in [0.15, 0.2) is 41.2 Å². The molecule has 0 unspecified atom stereocenters. The molecular formula is C24H29FN4O2. The summed E-state index contributed by atoms with van der Waals surface area (Å²) in [4.78, 5) is 30.2. The molecule has 0 aliphatic carbocycles. The van der Waals surface area contributed by atoms with Crippen LogP contribution in [0, 0.1) is 11.7 Å². The monoisotopic (exact) mass is 424 g/mol. The number of nitrogens with one attached hydrogen (secondary N) is 1. The molecule has 31 heavy (non-hydrogen) atoms. The number of carbonyl (C=O) groups excluding carboxylic acids is 1. The first-order chi connectivity index (χ1) is 15.1. The number of para-hydroxylation sites is 1. The van der Waals surface area contributed by atoms with Crippen molar-refractivity contribution in [2.24, 2.45) is 5.92 Å². The number of nitrogens with zero attached hydrogens (tertiary/aromatic N) is 3. The number of halogens is 1. The zero-order valence-electron chi connectivity index (χ0n) is 17.7. The van der Waals surface area contributed by atoms with E-state index < -0.39 is 0 Å². The second kappa shape index (κ2) is 8.46. The number of carbonyl (C=O) groups is 1. The lowest BCUT2D eigenvalue weighted by Gasteiger charge is -2.43. The predicted molar refractivity (Wildman–Crippen MR) is 118 cm³/mol. The van der Waals surface area contributed by atoms with Gasteiger partial charge in [-0.3, -0.25) is 14.5 Å². The molecule has 1 aromatic heterocycles. The standard InChI is InChI=1S/C24H29FN4O2/c25-20-5-1-2-6-21(20)26-12-23(30)28-13-17-11-19(16-28)22-8-7-18(24(31)29(22)14-17)15-27-9-3-4-10-27/h1-2,5-8,17,19,26H,3-4,9-16H2/t17-,19+/m0/s1. The van der Waals surface area contributed by atoms with Gasteiger partial charge in [0.25, 0.3) is 5.56 Å². The van der Waals surface area contributed by atoms with Crippen LogP contribution in [-0.2, 0) is 17.9 Å². The predicted octanol–water partition coefficient (Wildman–Crippen LogP) is 2.64. The largest absolute Gasteiger partial charge is 0.374 e. The Kier molecular flexibility index (Phi) is 5.52. The molecule has 2 fully saturated rings. The molecule has 1 amide bonds. The molecule has 164 valence electrons. The van der Waals surface area contributed by atoms with Crippen LogP contribution in [0.2, 0.25) is 0 Å². The number of hydrogen-bond donors (Lipinski definition) is 1. The van der Waals surface area contributed by atoms with Crippen LogP contribution in [0.4, 0.5) is 10.1 Å². The summed E-state index contributed by atoms with van der Waals surface area (Å²) >= 11 is 0. The van der Waals surface area contributed by atoms with Gasteiger partial charge in [0.1, 0.15) is 5.82 Å². The lowest BCUT2D eigenvalue weighted by atomic mass is 9.83. The summed E-state index contributed by atoms with van der Waals surface area (Å²) in [5.74, 6) is 0.0742. The SMILES string of the molecule is O=C(CNc1ccccc1F)N1C[C@@H]2C[C@H](C1)c1ccc(CN3CCCC3)c(=O)n1C2. The van der Waals surface area contributed by atoms with Gasteiger partial charge in [0.15, 0.2) is 0 Å². The summed E-state index contributed by atoms with van der Waals surface area (Å²) < 4.78 is 15.8. The van der Waals surface area contributed by atoms with Crippen LogP contribution >= 0.6 is 0 Å². The molecule has 2 bridgehead atoms. The fourth-order valence-corrected chi connectivity index (χ4v) is 5.38. The minimum atomic E-state index is -0.358. The Labute approximate surface area is 181 Å². The van der Waals surface area contributed by atoms with Gasteiger partial charge in [-0.15, -0.1) is 0 Å². The van der Waals surface area contributed by atoms with E-state index in [2.05, 4.69) is 16.3 Å². The third kappa shape index (κ3) is 4.11. The molecule has 2 aromatic rings. The highest BCUT2D eigenvalue weighted by atomic mass is 19.1. The summed E-state index contributed by atoms with van der Waals surface area (Å²) in [7, 11) is 0. The Hall–Kier alpha value is -2.67. The zero-order valence-corrected chi connectivity index (χ0v) is 17.7. The quantitative estimate of drug-likeness (QED) is 0.802. The number of piperidine rings is 1. The van der Waals surface area contributed by atoms with Gasteiger partial charge in [0, 0.05) is 43.4 Å². The summed E-state index contributed by atoms with van der Waals surface area (Å²) in [5, 5.41) is 2.92. The molecule has 0 spiro atoms. The molecule has 4 heterocycles. The Morgan fingerprint density at radius 3 is 2.68 bits per heavy atom. The fraction of sp³-hybridized carbons (Fsp3) is 0.500. The minimum absolute atomic E-state index is 0.0283. The maximum absolute atomic E-state index is 13.8. The maximum atomic E-state index is 13.8. The number of aromatic nitrogens is 1. The van der Waals surface area contributed by atoms with Crippen molar-refractivity contribution in [2.75, 3.05) is 38.0 Å². The van der Waals surface area contributed by atoms with Crippen LogP contribution in [0.5, 0.6) is 0 Å². The number of benzene rings is 1. The van der Waals surface area contributed by atoms with E-state index in [4.69, 9.17) is 0 Å². The second-order valence-electron chi connectivity index (χ2n) is 9.11. The van der Waals surface area contributed by atoms with E-state index in [-0.39, 0.29) is 35.7 Å². The van der Waals surface area contributed by atoms with E-state index in [9.17, 15) is 14.0 Å². The highest BCUT2D eigenvalue weighted by Gasteiger charge is 2.36. The first kappa shape index (κ1) is 20.2. The number of likely N-dealkylation sites (tertiary alicyclic amines) is 2. The zero-order chi connectivity index (χ0) is 21.4. The number of rotatable bonds is 5. The molecule has 6 nitrogen and oxygen atoms in total. The molecule has 7 heteroatoms. The third-order valence-corrected chi connectivity index (χ3v) is 6.93. The first-order valence-corrected chi connectivity index (χ1v) is 11.3. The van der Waals surface area contributed by atoms with E-state index in [0.717, 1.165) is 37.3 Å². The van der Waals surface area contributed by atoms with E-state index in [0.29, 0.717) is 25.3 Å². The third-order valence-electron chi connectivity index (χ3n) is 6.93. The number of anilines is 1. The van der Waals surface area contributed by atoms with Crippen LogP contribution in [0.1, 0.15) is 36.4 Å². The smallest absolute Gasteiger partial charge is 0.255 e. The molecule has 3 aliphatic rings. The van der Waals surface area contributed by atoms with Crippen LogP contribution < -0.4 is 10.9 Å². The number of fused-ring (bicyclic) bond motifs is 4. The average molecular weight is 425 g/mol. The van der Waals surface area contributed by atoms with Gasteiger partial charge in [-0.25, -0.2) is 4.39 Å². The molecule has 1 aromatic carbocycles. The normalized spacial score (nSPS) is 22.9. The maximum Gasteiger partial charge on any atom is 0.255 e. The van der Waals surface area contributed by atoms with E-state index in [1.54, 1.807) is 18.2 Å². The Morgan fingerprint density at radius 2 is 1.87 bits per heavy atom. The Morgan fingerprint density at radius 1 is 1.06 bits per heavy atom. The van der Waals surface area contributed by atoms with Gasteiger partial charge < -0.3 is 14.8 Å². The fourth-order valence-electron chi connectivity index (χ4n) is 5.38. The van der Waals surface area contributed by atoms with Crippen molar-refractivity contribution in [1.82, 2.24) is 14.4 Å². The lowest BCUT2D eigenvalue weighted by Crippen LogP contribution is -2.50. The molecule has 0 saturated carbocycles. The molecule has 2 saturated heterocycles. The van der Waals surface area contributed by atoms with Gasteiger partial charge in [-0.1, -0.05) is 18.2 Å². The Balaban J connectivity index is 1.28. The number of hydrogen-bond acceptors (Lipinski definition) is 4. The topological polar surface area (TPSA) is 57.6 Å². The molecule has 1 N–H and O–H groups in total. The van der Waals surface area contributed by atoms with Crippen molar-refractivity contribution in [2.45, 2.75) is 38.3 Å². The van der Waals surface area contributed by atoms with Gasteiger partial charge >= 0.3 is 0 Å². The summed E-state index contributed by atoms with van der Waals surface area (Å²) in [5.41, 5.74) is 2.41. The minimum Gasteiger partial charge on any atom is -0.374 e. The van der Waals surface area contributed by atoms with Crippen molar-refractivity contribution in [3.8, 4) is 0 Å². The Bertz CT molecular complexity index is 1030. The van der Waals surface area contributed by atoms with Crippen LogP contribution in [0.3, 0.4) is 0 Å². The highest BCUT2D eigenvalue weighted by molar-refractivity contribution is 5.81. The van der Waals surface area contributed by atoms with Crippen molar-refractivity contribution < 1.29 is 9.18 Å². The lowest BCUT2D eigenvalue weighted by molar-refractivity contribution is -0.132. The van der Waals surface area contributed by atoms with E-state index in [1.165, 1.54) is 18.9 Å². The van der Waals surface area contributed by atoms with Crippen LogP contribution in [0.25, 0.3) is 0 Å². The molecule has 3 aliphatic heterocycles. The second-order valence-corrected chi connectivity index (χ2v) is 9.11. The number of amides is 1. The van der Waals surface area contributed by atoms with E-state index in [1.807, 2.05) is 15.5 Å². The van der Waals surface area contributed by atoms with Gasteiger partial charge in [0.05, 0.1) is 12.2 Å². The molecular weight excluding hydrogens is 395 g/mol. The van der Waals surface area contributed by atoms with Gasteiger partial charge in [0.2, 0.25) is 5.91 Å². The molecule has 2 atom stereocenters. The molecule has 5 rings (SSSR count). The first-order valence-electron chi connectivity index (χ1n) is 11.3.